The maximum atomic E-state index is 13.6. The molecule has 1 unspecified atom stereocenters. The van der Waals surface area contributed by atoms with E-state index in [2.05, 4.69) is 41.1 Å². The number of likely N-dealkylation sites (N-methyl/N-ethyl adjacent to an activating group) is 1. The van der Waals surface area contributed by atoms with E-state index in [9.17, 15) is 9.59 Å². The number of likely N-dealkylation sites (tertiary alicyclic amines) is 1. The SMILES string of the molecule is CCN(CC)CCN1C(=O)C(Cc2ccccc2)NC12CCN(C(=O)c1ccc(OC)cc1)CC2. The van der Waals surface area contributed by atoms with E-state index in [0.29, 0.717) is 31.6 Å². The number of carbonyl (C=O) groups excluding carboxylic acids is 2. The molecule has 2 aromatic rings. The number of piperidine rings is 1. The van der Waals surface area contributed by atoms with Crippen molar-refractivity contribution in [3.8, 4) is 5.75 Å². The van der Waals surface area contributed by atoms with E-state index in [4.69, 9.17) is 4.74 Å². The summed E-state index contributed by atoms with van der Waals surface area (Å²) in [6.45, 7) is 9.04. The highest BCUT2D eigenvalue weighted by molar-refractivity contribution is 5.94. The van der Waals surface area contributed by atoms with Crippen LogP contribution in [0.25, 0.3) is 0 Å². The quantitative estimate of drug-likeness (QED) is 0.600. The molecule has 0 radical (unpaired) electrons. The summed E-state index contributed by atoms with van der Waals surface area (Å²) in [7, 11) is 1.62. The van der Waals surface area contributed by atoms with Crippen LogP contribution in [-0.2, 0) is 11.2 Å². The molecule has 2 aromatic carbocycles. The van der Waals surface area contributed by atoms with Gasteiger partial charge in [0.1, 0.15) is 5.75 Å². The molecule has 2 aliphatic heterocycles. The van der Waals surface area contributed by atoms with Crippen LogP contribution in [0.15, 0.2) is 54.6 Å². The monoisotopic (exact) mass is 478 g/mol. The van der Waals surface area contributed by atoms with E-state index in [-0.39, 0.29) is 17.9 Å². The Labute approximate surface area is 209 Å². The highest BCUT2D eigenvalue weighted by Gasteiger charge is 2.51. The number of benzene rings is 2. The smallest absolute Gasteiger partial charge is 0.253 e. The lowest BCUT2D eigenvalue weighted by atomic mass is 9.95. The van der Waals surface area contributed by atoms with E-state index < -0.39 is 5.66 Å². The Balaban J connectivity index is 1.48. The van der Waals surface area contributed by atoms with E-state index >= 15 is 0 Å². The van der Waals surface area contributed by atoms with Crippen LogP contribution >= 0.6 is 0 Å². The molecular formula is C28H38N4O3. The van der Waals surface area contributed by atoms with Crippen molar-refractivity contribution in [2.24, 2.45) is 0 Å². The van der Waals surface area contributed by atoms with Crippen LogP contribution in [-0.4, -0.2) is 84.6 Å². The summed E-state index contributed by atoms with van der Waals surface area (Å²) in [6, 6.07) is 17.2. The van der Waals surface area contributed by atoms with Gasteiger partial charge < -0.3 is 19.4 Å². The minimum absolute atomic E-state index is 0.0300. The van der Waals surface area contributed by atoms with Gasteiger partial charge in [-0.15, -0.1) is 0 Å². The number of ether oxygens (including phenoxy) is 1. The first-order valence-corrected chi connectivity index (χ1v) is 12.8. The Kier molecular flexibility index (Phi) is 8.08. The Morgan fingerprint density at radius 2 is 1.71 bits per heavy atom. The van der Waals surface area contributed by atoms with Crippen LogP contribution in [0.2, 0.25) is 0 Å². The summed E-state index contributed by atoms with van der Waals surface area (Å²) in [4.78, 5) is 33.1. The average Bonchev–Trinajstić information content (AvgIpc) is 3.15. The van der Waals surface area contributed by atoms with Gasteiger partial charge in [-0.05, 0) is 49.3 Å². The highest BCUT2D eigenvalue weighted by atomic mass is 16.5. The molecule has 188 valence electrons. The first kappa shape index (κ1) is 25.2. The lowest BCUT2D eigenvalue weighted by molar-refractivity contribution is -0.133. The van der Waals surface area contributed by atoms with Crippen molar-refractivity contribution < 1.29 is 14.3 Å². The van der Waals surface area contributed by atoms with Crippen molar-refractivity contribution in [2.45, 2.75) is 44.8 Å². The maximum Gasteiger partial charge on any atom is 0.253 e. The third-order valence-electron chi connectivity index (χ3n) is 7.56. The molecule has 2 heterocycles. The maximum absolute atomic E-state index is 13.6. The van der Waals surface area contributed by atoms with Crippen molar-refractivity contribution in [2.75, 3.05) is 46.4 Å². The average molecular weight is 479 g/mol. The first-order chi connectivity index (χ1) is 17.0. The number of hydrogen-bond donors (Lipinski definition) is 1. The number of carbonyl (C=O) groups is 2. The summed E-state index contributed by atoms with van der Waals surface area (Å²) < 4.78 is 5.21. The standard InChI is InChI=1S/C28H38N4O3/c1-4-30(5-2)19-20-32-27(34)25(21-22-9-7-6-8-10-22)29-28(32)15-17-31(18-16-28)26(33)23-11-13-24(35-3)14-12-23/h6-14,25,29H,4-5,15-21H2,1-3H3. The largest absolute Gasteiger partial charge is 0.497 e. The molecule has 2 saturated heterocycles. The van der Waals surface area contributed by atoms with Crippen LogP contribution in [0.1, 0.15) is 42.6 Å². The molecule has 0 bridgehead atoms. The molecule has 1 spiro atoms. The molecule has 2 fully saturated rings. The van der Waals surface area contributed by atoms with Crippen LogP contribution in [0.3, 0.4) is 0 Å². The second kappa shape index (κ2) is 11.2. The van der Waals surface area contributed by atoms with Crippen LogP contribution in [0.4, 0.5) is 0 Å². The minimum atomic E-state index is -0.402. The molecule has 7 heteroatoms. The Bertz CT molecular complexity index is 983. The second-order valence-electron chi connectivity index (χ2n) is 9.46. The second-order valence-corrected chi connectivity index (χ2v) is 9.46. The van der Waals surface area contributed by atoms with Gasteiger partial charge in [0, 0.05) is 44.6 Å². The molecule has 4 rings (SSSR count). The van der Waals surface area contributed by atoms with Gasteiger partial charge in [0.25, 0.3) is 5.91 Å². The third-order valence-corrected chi connectivity index (χ3v) is 7.56. The van der Waals surface area contributed by atoms with Crippen LogP contribution in [0.5, 0.6) is 5.75 Å². The van der Waals surface area contributed by atoms with Crippen molar-refractivity contribution in [3.63, 3.8) is 0 Å². The van der Waals surface area contributed by atoms with Crippen molar-refractivity contribution in [3.05, 3.63) is 65.7 Å². The fourth-order valence-electron chi connectivity index (χ4n) is 5.37. The molecular weight excluding hydrogens is 440 g/mol. The number of nitrogens with one attached hydrogen (secondary N) is 1. The topological polar surface area (TPSA) is 65.1 Å². The Hall–Kier alpha value is -2.90. The number of amides is 2. The molecule has 0 aliphatic carbocycles. The first-order valence-electron chi connectivity index (χ1n) is 12.8. The Morgan fingerprint density at radius 3 is 2.31 bits per heavy atom. The van der Waals surface area contributed by atoms with Crippen molar-refractivity contribution in [1.82, 2.24) is 20.0 Å². The lowest BCUT2D eigenvalue weighted by Gasteiger charge is -2.45. The van der Waals surface area contributed by atoms with Gasteiger partial charge in [0.15, 0.2) is 0 Å². The highest BCUT2D eigenvalue weighted by Crippen LogP contribution is 2.34. The summed E-state index contributed by atoms with van der Waals surface area (Å²) in [5.41, 5.74) is 1.42. The minimum Gasteiger partial charge on any atom is -0.497 e. The van der Waals surface area contributed by atoms with Gasteiger partial charge in [0.2, 0.25) is 5.91 Å². The number of rotatable bonds is 9. The van der Waals surface area contributed by atoms with E-state index in [1.165, 1.54) is 0 Å². The summed E-state index contributed by atoms with van der Waals surface area (Å²) in [6.07, 6.45) is 2.13. The summed E-state index contributed by atoms with van der Waals surface area (Å²) in [5, 5.41) is 3.73. The number of nitrogens with zero attached hydrogens (tertiary/aromatic N) is 3. The van der Waals surface area contributed by atoms with Gasteiger partial charge in [-0.3, -0.25) is 14.9 Å². The summed E-state index contributed by atoms with van der Waals surface area (Å²) in [5.74, 6) is 0.944. The molecule has 0 aromatic heterocycles. The van der Waals surface area contributed by atoms with E-state index in [1.807, 2.05) is 47.4 Å². The molecule has 2 amide bonds. The van der Waals surface area contributed by atoms with Gasteiger partial charge in [-0.2, -0.15) is 0 Å². The Morgan fingerprint density at radius 1 is 1.06 bits per heavy atom. The predicted molar refractivity (Wildman–Crippen MR) is 137 cm³/mol. The number of methoxy groups -OCH3 is 1. The zero-order valence-corrected chi connectivity index (χ0v) is 21.2. The van der Waals surface area contributed by atoms with Gasteiger partial charge in [-0.1, -0.05) is 44.2 Å². The fourth-order valence-corrected chi connectivity index (χ4v) is 5.37. The van der Waals surface area contributed by atoms with Gasteiger partial charge in [0.05, 0.1) is 18.8 Å². The number of hydrogen-bond acceptors (Lipinski definition) is 5. The zero-order valence-electron chi connectivity index (χ0n) is 21.2. The third kappa shape index (κ3) is 5.52. The normalized spacial score (nSPS) is 19.5. The zero-order chi connectivity index (χ0) is 24.8. The summed E-state index contributed by atoms with van der Waals surface area (Å²) >= 11 is 0. The molecule has 1 N–H and O–H groups in total. The lowest BCUT2D eigenvalue weighted by Crippen LogP contribution is -2.60. The molecule has 0 saturated carbocycles. The molecule has 35 heavy (non-hydrogen) atoms. The van der Waals surface area contributed by atoms with Crippen molar-refractivity contribution >= 4 is 11.8 Å². The fraction of sp³-hybridized carbons (Fsp3) is 0.500. The van der Waals surface area contributed by atoms with Crippen LogP contribution in [0, 0.1) is 0 Å². The van der Waals surface area contributed by atoms with Gasteiger partial charge >= 0.3 is 0 Å². The van der Waals surface area contributed by atoms with Gasteiger partial charge in [-0.25, -0.2) is 0 Å². The van der Waals surface area contributed by atoms with Crippen LogP contribution < -0.4 is 10.1 Å². The van der Waals surface area contributed by atoms with Crippen molar-refractivity contribution in [1.29, 1.82) is 0 Å². The van der Waals surface area contributed by atoms with E-state index in [0.717, 1.165) is 43.8 Å². The molecule has 2 aliphatic rings. The predicted octanol–water partition coefficient (Wildman–Crippen LogP) is 3.01. The van der Waals surface area contributed by atoms with E-state index in [1.54, 1.807) is 7.11 Å². The molecule has 1 atom stereocenters. The molecule has 7 nitrogen and oxygen atoms in total.